The zero-order valence-electron chi connectivity index (χ0n) is 12.6. The van der Waals surface area contributed by atoms with Crippen molar-refractivity contribution in [3.05, 3.63) is 29.8 Å². The van der Waals surface area contributed by atoms with Crippen molar-refractivity contribution in [3.63, 3.8) is 0 Å². The third kappa shape index (κ3) is 3.19. The fraction of sp³-hybridized carbons (Fsp3) is 0.562. The predicted molar refractivity (Wildman–Crippen MR) is 80.8 cm³/mol. The first-order valence-corrected chi connectivity index (χ1v) is 7.28. The van der Waals surface area contributed by atoms with Gasteiger partial charge in [0.15, 0.2) is 0 Å². The lowest BCUT2D eigenvalue weighted by atomic mass is 10.1. The van der Waals surface area contributed by atoms with E-state index >= 15 is 0 Å². The van der Waals surface area contributed by atoms with Crippen LogP contribution >= 0.6 is 0 Å². The Labute approximate surface area is 121 Å². The highest BCUT2D eigenvalue weighted by Gasteiger charge is 2.27. The van der Waals surface area contributed by atoms with Crippen LogP contribution in [0.1, 0.15) is 25.3 Å². The average Bonchev–Trinajstić information content (AvgIpc) is 2.93. The van der Waals surface area contributed by atoms with Crippen LogP contribution in [0.2, 0.25) is 0 Å². The Morgan fingerprint density at radius 2 is 2.20 bits per heavy atom. The normalized spacial score (nSPS) is 19.2. The number of likely N-dealkylation sites (N-methyl/N-ethyl adjacent to an activating group) is 1. The van der Waals surface area contributed by atoms with E-state index in [2.05, 4.69) is 17.9 Å². The number of benzene rings is 1. The third-order valence-corrected chi connectivity index (χ3v) is 4.02. The van der Waals surface area contributed by atoms with Crippen LogP contribution in [0, 0.1) is 0 Å². The minimum absolute atomic E-state index is 0.0915. The molecular weight excluding hydrogens is 252 g/mol. The molecule has 0 saturated carbocycles. The lowest BCUT2D eigenvalue weighted by molar-refractivity contribution is -0.122. The largest absolute Gasteiger partial charge is 0.366 e. The zero-order chi connectivity index (χ0) is 14.5. The van der Waals surface area contributed by atoms with E-state index in [1.165, 1.54) is 5.56 Å². The van der Waals surface area contributed by atoms with Gasteiger partial charge in [0.05, 0.1) is 6.54 Å². The molecule has 1 aliphatic rings. The van der Waals surface area contributed by atoms with E-state index in [-0.39, 0.29) is 12.1 Å². The Hall–Kier alpha value is -1.39. The molecule has 0 radical (unpaired) electrons. The van der Waals surface area contributed by atoms with Gasteiger partial charge in [-0.05, 0) is 30.9 Å². The van der Waals surface area contributed by atoms with Crippen LogP contribution < -0.4 is 4.90 Å². The summed E-state index contributed by atoms with van der Waals surface area (Å²) < 4.78 is 5.41. The van der Waals surface area contributed by atoms with Crippen molar-refractivity contribution >= 4 is 11.6 Å². The van der Waals surface area contributed by atoms with Crippen LogP contribution in [0.4, 0.5) is 5.69 Å². The zero-order valence-corrected chi connectivity index (χ0v) is 12.6. The lowest BCUT2D eigenvalue weighted by Crippen LogP contribution is -2.41. The van der Waals surface area contributed by atoms with E-state index in [0.717, 1.165) is 31.5 Å². The Morgan fingerprint density at radius 1 is 1.45 bits per heavy atom. The first-order chi connectivity index (χ1) is 9.67. The number of nitrogens with zero attached hydrogens (tertiary/aromatic N) is 2. The minimum atomic E-state index is 0.0915. The highest BCUT2D eigenvalue weighted by Crippen LogP contribution is 2.21. The molecule has 1 aliphatic heterocycles. The van der Waals surface area contributed by atoms with Gasteiger partial charge in [-0.2, -0.15) is 0 Å². The number of hydrogen-bond acceptors (Lipinski definition) is 3. The Kier molecular flexibility index (Phi) is 5.15. The Balaban J connectivity index is 2.05. The van der Waals surface area contributed by atoms with Crippen molar-refractivity contribution in [2.45, 2.75) is 32.4 Å². The Bertz CT molecular complexity index is 462. The van der Waals surface area contributed by atoms with E-state index in [1.807, 2.05) is 25.2 Å². The van der Waals surface area contributed by atoms with E-state index in [0.29, 0.717) is 6.54 Å². The summed E-state index contributed by atoms with van der Waals surface area (Å²) in [5.74, 6) is 0.120. The number of likely N-dealkylation sites (tertiary alicyclic amines) is 1. The highest BCUT2D eigenvalue weighted by atomic mass is 16.5. The summed E-state index contributed by atoms with van der Waals surface area (Å²) in [5, 5.41) is 0. The van der Waals surface area contributed by atoms with Crippen LogP contribution in [0.25, 0.3) is 0 Å². The molecule has 0 spiro atoms. The maximum absolute atomic E-state index is 12.5. The summed E-state index contributed by atoms with van der Waals surface area (Å²) in [4.78, 5) is 16.3. The fourth-order valence-corrected chi connectivity index (χ4v) is 2.79. The van der Waals surface area contributed by atoms with Crippen LogP contribution in [0.5, 0.6) is 0 Å². The first-order valence-electron chi connectivity index (χ1n) is 7.28. The van der Waals surface area contributed by atoms with Gasteiger partial charge in [-0.3, -0.25) is 9.69 Å². The minimum Gasteiger partial charge on any atom is -0.366 e. The molecule has 0 aromatic heterocycles. The van der Waals surface area contributed by atoms with E-state index in [4.69, 9.17) is 4.74 Å². The molecule has 1 aromatic carbocycles. The maximum Gasteiger partial charge on any atom is 0.240 e. The molecular formula is C16H24N2O2. The number of methoxy groups -OCH3 is 1. The molecule has 1 unspecified atom stereocenters. The van der Waals surface area contributed by atoms with Crippen molar-refractivity contribution in [2.75, 3.05) is 32.1 Å². The number of hydrogen-bond donors (Lipinski definition) is 0. The van der Waals surface area contributed by atoms with Crippen molar-refractivity contribution < 1.29 is 9.53 Å². The lowest BCUT2D eigenvalue weighted by Gasteiger charge is -2.26. The average molecular weight is 276 g/mol. The van der Waals surface area contributed by atoms with Crippen LogP contribution in [0.15, 0.2) is 24.3 Å². The summed E-state index contributed by atoms with van der Waals surface area (Å²) in [5.41, 5.74) is 2.21. The smallest absolute Gasteiger partial charge is 0.240 e. The number of carbonyl (C=O) groups is 1. The van der Waals surface area contributed by atoms with Gasteiger partial charge in [0, 0.05) is 26.4 Å². The topological polar surface area (TPSA) is 32.8 Å². The van der Waals surface area contributed by atoms with Crippen LogP contribution in [-0.4, -0.2) is 44.3 Å². The number of amides is 1. The number of anilines is 1. The molecule has 1 aromatic rings. The molecule has 4 heteroatoms. The molecule has 110 valence electrons. The molecule has 0 N–H and O–H groups in total. The molecule has 1 atom stereocenters. The van der Waals surface area contributed by atoms with Gasteiger partial charge in [-0.25, -0.2) is 0 Å². The predicted octanol–water partition coefficient (Wildman–Crippen LogP) is 2.28. The molecule has 1 amide bonds. The summed E-state index contributed by atoms with van der Waals surface area (Å²) in [6, 6.07) is 8.08. The number of aryl methyl sites for hydroxylation is 1. The molecule has 1 fully saturated rings. The second kappa shape index (κ2) is 6.86. The summed E-state index contributed by atoms with van der Waals surface area (Å²) in [7, 11) is 3.57. The van der Waals surface area contributed by atoms with E-state index < -0.39 is 0 Å². The summed E-state index contributed by atoms with van der Waals surface area (Å²) in [6.45, 7) is 3.47. The van der Waals surface area contributed by atoms with Gasteiger partial charge in [0.1, 0.15) is 6.23 Å². The molecule has 20 heavy (non-hydrogen) atoms. The van der Waals surface area contributed by atoms with Gasteiger partial charge < -0.3 is 9.64 Å². The Morgan fingerprint density at radius 3 is 2.90 bits per heavy atom. The number of rotatable bonds is 5. The number of ether oxygens (including phenoxy) is 1. The molecule has 0 aliphatic carbocycles. The fourth-order valence-electron chi connectivity index (χ4n) is 2.79. The second-order valence-corrected chi connectivity index (χ2v) is 5.24. The van der Waals surface area contributed by atoms with Crippen LogP contribution in [0.3, 0.4) is 0 Å². The van der Waals surface area contributed by atoms with Crippen molar-refractivity contribution in [2.24, 2.45) is 0 Å². The molecule has 2 rings (SSSR count). The molecule has 4 nitrogen and oxygen atoms in total. The molecule has 1 heterocycles. The second-order valence-electron chi connectivity index (χ2n) is 5.24. The molecule has 1 saturated heterocycles. The van der Waals surface area contributed by atoms with Crippen molar-refractivity contribution in [1.82, 2.24) is 4.90 Å². The van der Waals surface area contributed by atoms with Gasteiger partial charge in [-0.15, -0.1) is 0 Å². The third-order valence-electron chi connectivity index (χ3n) is 4.02. The summed E-state index contributed by atoms with van der Waals surface area (Å²) >= 11 is 0. The SMILES string of the molecule is CCc1ccccc1N(C)C(=O)CN1CCCC1OC. The highest BCUT2D eigenvalue weighted by molar-refractivity contribution is 5.95. The first kappa shape index (κ1) is 15.0. The number of carbonyl (C=O) groups excluding carboxylic acids is 1. The maximum atomic E-state index is 12.5. The monoisotopic (exact) mass is 276 g/mol. The van der Waals surface area contributed by atoms with E-state index in [9.17, 15) is 4.79 Å². The molecule has 0 bridgehead atoms. The van der Waals surface area contributed by atoms with Crippen molar-refractivity contribution in [3.8, 4) is 0 Å². The quantitative estimate of drug-likeness (QED) is 0.827. The van der Waals surface area contributed by atoms with Gasteiger partial charge in [-0.1, -0.05) is 25.1 Å². The van der Waals surface area contributed by atoms with Gasteiger partial charge >= 0.3 is 0 Å². The van der Waals surface area contributed by atoms with Crippen LogP contribution in [-0.2, 0) is 16.0 Å². The van der Waals surface area contributed by atoms with Gasteiger partial charge in [0.2, 0.25) is 5.91 Å². The standard InChI is InChI=1S/C16H24N2O2/c1-4-13-8-5-6-9-14(13)17(2)15(19)12-18-11-7-10-16(18)20-3/h5-6,8-9,16H,4,7,10-12H2,1-3H3. The van der Waals surface area contributed by atoms with E-state index in [1.54, 1.807) is 12.0 Å². The van der Waals surface area contributed by atoms with Gasteiger partial charge in [0.25, 0.3) is 0 Å². The van der Waals surface area contributed by atoms with Crippen molar-refractivity contribution in [1.29, 1.82) is 0 Å². The number of para-hydroxylation sites is 1. The summed E-state index contributed by atoms with van der Waals surface area (Å²) in [6.07, 6.45) is 3.13.